The van der Waals surface area contributed by atoms with Gasteiger partial charge in [-0.1, -0.05) is 103 Å². The van der Waals surface area contributed by atoms with Crippen molar-refractivity contribution in [3.05, 3.63) is 0 Å². The van der Waals surface area contributed by atoms with E-state index in [9.17, 15) is 15.0 Å². The van der Waals surface area contributed by atoms with Crippen molar-refractivity contribution in [1.29, 1.82) is 0 Å². The van der Waals surface area contributed by atoms with Gasteiger partial charge in [-0.25, -0.2) is 0 Å². The molecule has 0 aliphatic rings. The highest BCUT2D eigenvalue weighted by Crippen LogP contribution is 2.15. The van der Waals surface area contributed by atoms with E-state index in [0.717, 1.165) is 38.5 Å². The molecule has 0 fully saturated rings. The van der Waals surface area contributed by atoms with Gasteiger partial charge in [-0.3, -0.25) is 0 Å². The molecule has 1 unspecified atom stereocenters. The number of aliphatic hydroxyl groups is 1. The Morgan fingerprint density at radius 3 is 1.44 bits per heavy atom. The first-order valence-electron chi connectivity index (χ1n) is 11.0. The van der Waals surface area contributed by atoms with Crippen molar-refractivity contribution < 1.29 is 15.0 Å². The van der Waals surface area contributed by atoms with Crippen LogP contribution in [0.3, 0.4) is 0 Å². The van der Waals surface area contributed by atoms with Gasteiger partial charge in [0.15, 0.2) is 0 Å². The van der Waals surface area contributed by atoms with Gasteiger partial charge < -0.3 is 15.0 Å². The lowest BCUT2D eigenvalue weighted by Crippen LogP contribution is -2.21. The summed E-state index contributed by atoms with van der Waals surface area (Å²) in [5, 5.41) is 20.3. The number of rotatable bonds is 20. The number of carbonyl (C=O) groups is 1. The van der Waals surface area contributed by atoms with Crippen LogP contribution in [0.15, 0.2) is 0 Å². The summed E-state index contributed by atoms with van der Waals surface area (Å²) in [7, 11) is 0. The van der Waals surface area contributed by atoms with Crippen LogP contribution >= 0.6 is 0 Å². The van der Waals surface area contributed by atoms with E-state index in [1.807, 2.05) is 0 Å². The van der Waals surface area contributed by atoms with E-state index in [4.69, 9.17) is 0 Å². The molecule has 0 aromatic heterocycles. The molecule has 0 aromatic rings. The van der Waals surface area contributed by atoms with Crippen molar-refractivity contribution in [3.63, 3.8) is 0 Å². The van der Waals surface area contributed by atoms with Crippen LogP contribution in [0.1, 0.15) is 129 Å². The van der Waals surface area contributed by atoms with E-state index in [1.54, 1.807) is 0 Å². The molecule has 1 N–H and O–H groups in total. The summed E-state index contributed by atoms with van der Waals surface area (Å²) in [4.78, 5) is 10.3. The molecule has 0 bridgehead atoms. The SMILES string of the molecule is CCCCCCCCCC(O)CCCCCCCCCCCC(=O)[O-]. The number of hydrogen-bond acceptors (Lipinski definition) is 3. The van der Waals surface area contributed by atoms with Crippen LogP contribution in [0, 0.1) is 0 Å². The number of hydrogen-bond donors (Lipinski definition) is 1. The Morgan fingerprint density at radius 2 is 1.04 bits per heavy atom. The molecule has 0 amide bonds. The highest BCUT2D eigenvalue weighted by molar-refractivity contribution is 5.63. The van der Waals surface area contributed by atoms with Crippen molar-refractivity contribution >= 4 is 5.97 Å². The van der Waals surface area contributed by atoms with Crippen LogP contribution in [0.2, 0.25) is 0 Å². The normalized spacial score (nSPS) is 12.4. The second kappa shape index (κ2) is 19.8. The third-order valence-electron chi connectivity index (χ3n) is 5.06. The molecule has 0 radical (unpaired) electrons. The van der Waals surface area contributed by atoms with Crippen molar-refractivity contribution in [2.45, 2.75) is 135 Å². The van der Waals surface area contributed by atoms with Crippen LogP contribution in [-0.4, -0.2) is 17.2 Å². The maximum atomic E-state index is 10.3. The van der Waals surface area contributed by atoms with Crippen LogP contribution in [0.5, 0.6) is 0 Å². The zero-order valence-electron chi connectivity index (χ0n) is 16.8. The Hall–Kier alpha value is -0.570. The predicted molar refractivity (Wildman–Crippen MR) is 104 cm³/mol. The van der Waals surface area contributed by atoms with Crippen molar-refractivity contribution in [2.75, 3.05) is 0 Å². The van der Waals surface area contributed by atoms with Gasteiger partial charge >= 0.3 is 0 Å². The zero-order valence-corrected chi connectivity index (χ0v) is 16.8. The number of aliphatic hydroxyl groups excluding tert-OH is 1. The average Bonchev–Trinajstić information content (AvgIpc) is 2.58. The van der Waals surface area contributed by atoms with Gasteiger partial charge in [-0.2, -0.15) is 0 Å². The molecule has 0 heterocycles. The van der Waals surface area contributed by atoms with Gasteiger partial charge in [0.1, 0.15) is 0 Å². The van der Waals surface area contributed by atoms with E-state index in [2.05, 4.69) is 6.92 Å². The third-order valence-corrected chi connectivity index (χ3v) is 5.06. The number of carboxylic acid groups (broad SMARTS) is 1. The number of carboxylic acids is 1. The summed E-state index contributed by atoms with van der Waals surface area (Å²) in [6.07, 6.45) is 21.6. The van der Waals surface area contributed by atoms with E-state index >= 15 is 0 Å². The molecule has 1 atom stereocenters. The maximum Gasteiger partial charge on any atom is 0.0540 e. The Balaban J connectivity index is 3.14. The minimum Gasteiger partial charge on any atom is -0.550 e. The maximum absolute atomic E-state index is 10.3. The number of aliphatic carboxylic acids is 1. The highest BCUT2D eigenvalue weighted by atomic mass is 16.4. The second-order valence-electron chi connectivity index (χ2n) is 7.66. The Labute approximate surface area is 156 Å². The molecule has 0 aliphatic heterocycles. The molecule has 3 heteroatoms. The summed E-state index contributed by atoms with van der Waals surface area (Å²) in [6.45, 7) is 2.25. The molecular formula is C22H43O3-. The fourth-order valence-corrected chi connectivity index (χ4v) is 3.37. The molecular weight excluding hydrogens is 312 g/mol. The highest BCUT2D eigenvalue weighted by Gasteiger charge is 2.03. The summed E-state index contributed by atoms with van der Waals surface area (Å²) in [5.41, 5.74) is 0. The summed E-state index contributed by atoms with van der Waals surface area (Å²) in [6, 6.07) is 0. The van der Waals surface area contributed by atoms with Gasteiger partial charge in [0.05, 0.1) is 6.10 Å². The van der Waals surface area contributed by atoms with Gasteiger partial charge in [0.2, 0.25) is 0 Å². The summed E-state index contributed by atoms with van der Waals surface area (Å²) < 4.78 is 0. The first-order valence-corrected chi connectivity index (χ1v) is 11.0. The molecule has 3 nitrogen and oxygen atoms in total. The lowest BCUT2D eigenvalue weighted by molar-refractivity contribution is -0.305. The Bertz CT molecular complexity index is 278. The fourth-order valence-electron chi connectivity index (χ4n) is 3.37. The van der Waals surface area contributed by atoms with Gasteiger partial charge in [0.25, 0.3) is 0 Å². The molecule has 0 saturated heterocycles. The van der Waals surface area contributed by atoms with E-state index in [0.29, 0.717) is 0 Å². The predicted octanol–water partition coefficient (Wildman–Crippen LogP) is 5.53. The number of unbranched alkanes of at least 4 members (excludes halogenated alkanes) is 14. The standard InChI is InChI=1S/C22H44O3/c1-2-3-4-5-9-12-15-18-21(23)19-16-13-10-7-6-8-11-14-17-20-22(24)25/h21,23H,2-20H2,1H3,(H,24,25)/p-1. The first kappa shape index (κ1) is 24.4. The van der Waals surface area contributed by atoms with Crippen LogP contribution < -0.4 is 5.11 Å². The molecule has 0 aliphatic carbocycles. The summed E-state index contributed by atoms with van der Waals surface area (Å²) >= 11 is 0. The Kier molecular flexibility index (Phi) is 19.3. The molecule has 25 heavy (non-hydrogen) atoms. The monoisotopic (exact) mass is 355 g/mol. The first-order chi connectivity index (χ1) is 12.2. The number of carbonyl (C=O) groups excluding carboxylic acids is 1. The quantitative estimate of drug-likeness (QED) is 0.292. The lowest BCUT2D eigenvalue weighted by atomic mass is 10.0. The minimum atomic E-state index is -0.922. The van der Waals surface area contributed by atoms with Crippen molar-refractivity contribution in [3.8, 4) is 0 Å². The van der Waals surface area contributed by atoms with Crippen LogP contribution in [-0.2, 0) is 4.79 Å². The van der Waals surface area contributed by atoms with E-state index in [1.165, 1.54) is 77.0 Å². The second-order valence-corrected chi connectivity index (χ2v) is 7.66. The average molecular weight is 356 g/mol. The van der Waals surface area contributed by atoms with Gasteiger partial charge in [-0.05, 0) is 25.7 Å². The fraction of sp³-hybridized carbons (Fsp3) is 0.955. The van der Waals surface area contributed by atoms with Crippen molar-refractivity contribution in [1.82, 2.24) is 0 Å². The summed E-state index contributed by atoms with van der Waals surface area (Å²) in [5.74, 6) is -0.922. The third kappa shape index (κ3) is 21.4. The van der Waals surface area contributed by atoms with Crippen molar-refractivity contribution in [2.24, 2.45) is 0 Å². The Morgan fingerprint density at radius 1 is 0.680 bits per heavy atom. The van der Waals surface area contributed by atoms with Gasteiger partial charge in [-0.15, -0.1) is 0 Å². The molecule has 0 aromatic carbocycles. The van der Waals surface area contributed by atoms with Crippen LogP contribution in [0.4, 0.5) is 0 Å². The van der Waals surface area contributed by atoms with E-state index < -0.39 is 5.97 Å². The smallest absolute Gasteiger partial charge is 0.0540 e. The molecule has 0 saturated carbocycles. The molecule has 0 rings (SSSR count). The largest absolute Gasteiger partial charge is 0.550 e. The molecule has 150 valence electrons. The lowest BCUT2D eigenvalue weighted by Gasteiger charge is -2.10. The minimum absolute atomic E-state index is 0.0839. The molecule has 0 spiro atoms. The van der Waals surface area contributed by atoms with Gasteiger partial charge in [0, 0.05) is 5.97 Å². The van der Waals surface area contributed by atoms with Crippen LogP contribution in [0.25, 0.3) is 0 Å². The van der Waals surface area contributed by atoms with E-state index in [-0.39, 0.29) is 12.5 Å². The zero-order chi connectivity index (χ0) is 18.6. The topological polar surface area (TPSA) is 60.4 Å².